The molecule has 6 heteroatoms. The van der Waals surface area contributed by atoms with E-state index in [1.807, 2.05) is 24.4 Å². The maximum Gasteiger partial charge on any atom is 0.0998 e. The Morgan fingerprint density at radius 3 is 2.80 bits per heavy atom. The van der Waals surface area contributed by atoms with Gasteiger partial charge in [0.25, 0.3) is 0 Å². The highest BCUT2D eigenvalue weighted by Gasteiger charge is 2.10. The number of rotatable bonds is 4. The van der Waals surface area contributed by atoms with Crippen LogP contribution in [0.4, 0.5) is 0 Å². The predicted octanol–water partition coefficient (Wildman–Crippen LogP) is 2.01. The maximum absolute atomic E-state index is 6.05. The molecule has 0 aliphatic carbocycles. The molecular formula is C14H16N6. The molecule has 2 aromatic heterocycles. The summed E-state index contributed by atoms with van der Waals surface area (Å²) in [5.41, 5.74) is 9.46. The van der Waals surface area contributed by atoms with Crippen molar-refractivity contribution in [1.29, 1.82) is 0 Å². The molecule has 2 heterocycles. The van der Waals surface area contributed by atoms with E-state index in [0.29, 0.717) is 0 Å². The Bertz CT molecular complexity index is 720. The molecule has 1 atom stereocenters. The predicted molar refractivity (Wildman–Crippen MR) is 76.3 cm³/mol. The summed E-state index contributed by atoms with van der Waals surface area (Å²) >= 11 is 0. The number of benzene rings is 1. The Kier molecular flexibility index (Phi) is 3.39. The van der Waals surface area contributed by atoms with Crippen LogP contribution in [0.5, 0.6) is 0 Å². The van der Waals surface area contributed by atoms with Gasteiger partial charge in [-0.25, -0.2) is 4.68 Å². The number of nitrogens with zero attached hydrogens (tertiary/aromatic N) is 5. The summed E-state index contributed by atoms with van der Waals surface area (Å²) < 4.78 is 1.72. The second kappa shape index (κ2) is 5.34. The first-order chi connectivity index (χ1) is 9.78. The van der Waals surface area contributed by atoms with Gasteiger partial charge in [0.2, 0.25) is 0 Å². The summed E-state index contributed by atoms with van der Waals surface area (Å²) in [5, 5.41) is 8.28. The fourth-order valence-electron chi connectivity index (χ4n) is 2.13. The van der Waals surface area contributed by atoms with Gasteiger partial charge in [0.1, 0.15) is 0 Å². The minimum Gasteiger partial charge on any atom is -0.323 e. The van der Waals surface area contributed by atoms with Crippen LogP contribution < -0.4 is 5.73 Å². The molecule has 3 aromatic rings. The van der Waals surface area contributed by atoms with Crippen LogP contribution in [0, 0.1) is 0 Å². The Labute approximate surface area is 116 Å². The van der Waals surface area contributed by atoms with E-state index in [-0.39, 0.29) is 6.04 Å². The number of fused-ring (bicyclic) bond motifs is 1. The van der Waals surface area contributed by atoms with E-state index in [0.717, 1.165) is 35.3 Å². The molecule has 0 spiro atoms. The summed E-state index contributed by atoms with van der Waals surface area (Å²) in [4.78, 5) is 8.54. The Morgan fingerprint density at radius 1 is 1.20 bits per heavy atom. The molecule has 3 rings (SSSR count). The molecule has 0 fully saturated rings. The zero-order valence-corrected chi connectivity index (χ0v) is 11.3. The lowest BCUT2D eigenvalue weighted by Crippen LogP contribution is -2.10. The van der Waals surface area contributed by atoms with Crippen molar-refractivity contribution in [2.45, 2.75) is 25.8 Å². The van der Waals surface area contributed by atoms with Crippen molar-refractivity contribution in [3.63, 3.8) is 0 Å². The van der Waals surface area contributed by atoms with Gasteiger partial charge in [-0.1, -0.05) is 18.6 Å². The Morgan fingerprint density at radius 2 is 2.00 bits per heavy atom. The lowest BCUT2D eigenvalue weighted by atomic mass is 10.1. The van der Waals surface area contributed by atoms with Crippen LogP contribution in [0.2, 0.25) is 0 Å². The van der Waals surface area contributed by atoms with Crippen molar-refractivity contribution >= 4 is 11.0 Å². The molecule has 0 aliphatic rings. The van der Waals surface area contributed by atoms with Crippen LogP contribution in [0.25, 0.3) is 16.7 Å². The third-order valence-corrected chi connectivity index (χ3v) is 3.21. The van der Waals surface area contributed by atoms with Gasteiger partial charge in [0, 0.05) is 12.4 Å². The maximum atomic E-state index is 6.05. The Balaban J connectivity index is 1.94. The number of nitrogens with two attached hydrogens (primary N) is 1. The first kappa shape index (κ1) is 12.7. The molecule has 102 valence electrons. The van der Waals surface area contributed by atoms with Crippen LogP contribution in [-0.4, -0.2) is 25.0 Å². The zero-order valence-electron chi connectivity index (χ0n) is 11.3. The summed E-state index contributed by atoms with van der Waals surface area (Å²) in [7, 11) is 0. The molecule has 0 saturated carbocycles. The van der Waals surface area contributed by atoms with Crippen molar-refractivity contribution in [3.05, 3.63) is 42.5 Å². The van der Waals surface area contributed by atoms with Gasteiger partial charge in [-0.2, -0.15) is 0 Å². The molecule has 0 amide bonds. The van der Waals surface area contributed by atoms with E-state index in [1.165, 1.54) is 0 Å². The van der Waals surface area contributed by atoms with Gasteiger partial charge in [-0.15, -0.1) is 5.10 Å². The first-order valence-electron chi connectivity index (χ1n) is 6.67. The summed E-state index contributed by atoms with van der Waals surface area (Å²) in [6, 6.07) is 5.74. The number of hydrogen-bond acceptors (Lipinski definition) is 5. The quantitative estimate of drug-likeness (QED) is 0.782. The lowest BCUT2D eigenvalue weighted by Gasteiger charge is -2.04. The minimum absolute atomic E-state index is 0.0611. The largest absolute Gasteiger partial charge is 0.323 e. The van der Waals surface area contributed by atoms with E-state index in [2.05, 4.69) is 27.2 Å². The van der Waals surface area contributed by atoms with Crippen molar-refractivity contribution < 1.29 is 0 Å². The average molecular weight is 268 g/mol. The molecular weight excluding hydrogens is 252 g/mol. The molecule has 1 aromatic carbocycles. The van der Waals surface area contributed by atoms with Gasteiger partial charge in [0.05, 0.1) is 34.7 Å². The van der Waals surface area contributed by atoms with Gasteiger partial charge in [0.15, 0.2) is 0 Å². The average Bonchev–Trinajstić information content (AvgIpc) is 2.97. The van der Waals surface area contributed by atoms with Crippen LogP contribution in [0.15, 0.2) is 36.8 Å². The van der Waals surface area contributed by atoms with Crippen molar-refractivity contribution in [3.8, 4) is 5.69 Å². The molecule has 1 unspecified atom stereocenters. The number of aromatic nitrogens is 5. The standard InChI is InChI=1S/C14H16N6/c1-2-3-11(15)14-9-20(19-18-14)10-4-5-12-13(8-10)17-7-6-16-12/h4-9,11H,2-3,15H2,1H3. The summed E-state index contributed by atoms with van der Waals surface area (Å²) in [6.07, 6.45) is 7.16. The van der Waals surface area contributed by atoms with Crippen LogP contribution >= 0.6 is 0 Å². The SMILES string of the molecule is CCCC(N)c1cn(-c2ccc3nccnc3c2)nn1. The highest BCUT2D eigenvalue weighted by Crippen LogP contribution is 2.17. The smallest absolute Gasteiger partial charge is 0.0998 e. The number of hydrogen-bond donors (Lipinski definition) is 1. The van der Waals surface area contributed by atoms with Crippen molar-refractivity contribution in [1.82, 2.24) is 25.0 Å². The fraction of sp³-hybridized carbons (Fsp3) is 0.286. The van der Waals surface area contributed by atoms with Crippen LogP contribution in [-0.2, 0) is 0 Å². The van der Waals surface area contributed by atoms with E-state index < -0.39 is 0 Å². The summed E-state index contributed by atoms with van der Waals surface area (Å²) in [6.45, 7) is 2.10. The highest BCUT2D eigenvalue weighted by atomic mass is 15.4. The molecule has 0 saturated heterocycles. The molecule has 0 aliphatic heterocycles. The van der Waals surface area contributed by atoms with Crippen LogP contribution in [0.1, 0.15) is 31.5 Å². The fourth-order valence-corrected chi connectivity index (χ4v) is 2.13. The molecule has 0 bridgehead atoms. The topological polar surface area (TPSA) is 82.5 Å². The first-order valence-corrected chi connectivity index (χ1v) is 6.67. The van der Waals surface area contributed by atoms with E-state index in [1.54, 1.807) is 17.1 Å². The molecule has 2 N–H and O–H groups in total. The second-order valence-electron chi connectivity index (χ2n) is 4.71. The van der Waals surface area contributed by atoms with Crippen molar-refractivity contribution in [2.24, 2.45) is 5.73 Å². The van der Waals surface area contributed by atoms with Gasteiger partial charge < -0.3 is 5.73 Å². The molecule has 20 heavy (non-hydrogen) atoms. The monoisotopic (exact) mass is 268 g/mol. The minimum atomic E-state index is -0.0611. The van der Waals surface area contributed by atoms with Gasteiger partial charge in [-0.3, -0.25) is 9.97 Å². The Hall–Kier alpha value is -2.34. The zero-order chi connectivity index (χ0) is 13.9. The third-order valence-electron chi connectivity index (χ3n) is 3.21. The highest BCUT2D eigenvalue weighted by molar-refractivity contribution is 5.76. The molecule has 6 nitrogen and oxygen atoms in total. The molecule has 0 radical (unpaired) electrons. The second-order valence-corrected chi connectivity index (χ2v) is 4.71. The third kappa shape index (κ3) is 2.37. The van der Waals surface area contributed by atoms with E-state index in [4.69, 9.17) is 5.73 Å². The lowest BCUT2D eigenvalue weighted by molar-refractivity contribution is 0.619. The van der Waals surface area contributed by atoms with E-state index in [9.17, 15) is 0 Å². The normalized spacial score (nSPS) is 12.7. The van der Waals surface area contributed by atoms with Crippen molar-refractivity contribution in [2.75, 3.05) is 0 Å². The summed E-state index contributed by atoms with van der Waals surface area (Å²) in [5.74, 6) is 0. The van der Waals surface area contributed by atoms with Gasteiger partial charge >= 0.3 is 0 Å². The van der Waals surface area contributed by atoms with Gasteiger partial charge in [-0.05, 0) is 24.6 Å². The van der Waals surface area contributed by atoms with E-state index >= 15 is 0 Å². The van der Waals surface area contributed by atoms with Crippen LogP contribution in [0.3, 0.4) is 0 Å².